The van der Waals surface area contributed by atoms with Crippen LogP contribution in [0.5, 0.6) is 0 Å². The summed E-state index contributed by atoms with van der Waals surface area (Å²) in [5.41, 5.74) is 15.9. The molecule has 76 heavy (non-hydrogen) atoms. The van der Waals surface area contributed by atoms with Crippen molar-refractivity contribution in [1.82, 2.24) is 33.2 Å². The van der Waals surface area contributed by atoms with Crippen LogP contribution < -0.4 is 0 Å². The van der Waals surface area contributed by atoms with E-state index >= 15 is 0 Å². The number of benzene rings is 11. The third-order valence-electron chi connectivity index (χ3n) is 15.4. The monoisotopic (exact) mass is 969 g/mol. The number of hydrogen-bond acceptors (Lipinski definition) is 3. The summed E-state index contributed by atoms with van der Waals surface area (Å²) in [6, 6.07) is 93.4. The van der Waals surface area contributed by atoms with Gasteiger partial charge in [0.05, 0.1) is 55.5 Å². The fourth-order valence-corrected chi connectivity index (χ4v) is 12.1. The number of hydrogen-bond donors (Lipinski definition) is 0. The van der Waals surface area contributed by atoms with E-state index in [1.54, 1.807) is 0 Å². The number of aromatic nitrogens is 7. The van der Waals surface area contributed by atoms with E-state index in [1.807, 2.05) is 18.2 Å². The Balaban J connectivity index is 0.952. The molecular formula is C69H43N7. The van der Waals surface area contributed by atoms with Gasteiger partial charge in [0.25, 0.3) is 0 Å². The first kappa shape index (κ1) is 42.2. The molecule has 16 rings (SSSR count). The van der Waals surface area contributed by atoms with Crippen LogP contribution in [0.15, 0.2) is 261 Å². The summed E-state index contributed by atoms with van der Waals surface area (Å²) in [4.78, 5) is 16.0. The molecule has 0 N–H and O–H groups in total. The maximum absolute atomic E-state index is 5.43. The summed E-state index contributed by atoms with van der Waals surface area (Å²) in [6.45, 7) is 0. The van der Waals surface area contributed by atoms with Crippen molar-refractivity contribution in [2.75, 3.05) is 0 Å². The van der Waals surface area contributed by atoms with Crippen molar-refractivity contribution >= 4 is 87.2 Å². The van der Waals surface area contributed by atoms with Crippen LogP contribution in [-0.2, 0) is 0 Å². The smallest absolute Gasteiger partial charge is 0.164 e. The Morgan fingerprint density at radius 3 is 1.00 bits per heavy atom. The number of fused-ring (bicyclic) bond motifs is 12. The molecule has 0 fully saturated rings. The summed E-state index contributed by atoms with van der Waals surface area (Å²) < 4.78 is 9.63. The second-order valence-electron chi connectivity index (χ2n) is 19.6. The standard InChI is InChI=1S/C69H43N7/c1-2-19-44(20-3-1)67-70-68(45-21-18-22-47(41-45)73-57-30-11-4-23-49(57)50-24-5-12-31-58(50)73)72-69(71-67)46-37-40-64(66(42-46)75-61-34-15-8-27-53(61)54-28-9-16-35-62(54)75)76-63-36-17-10-29-55(63)56-39-38-48(43-65(56)76)74-59-32-13-6-25-51(59)52-26-7-14-33-60(52)74/h1-43H. The molecular weight excluding hydrogens is 927 g/mol. The number of nitrogens with zero attached hydrogens (tertiary/aromatic N) is 7. The van der Waals surface area contributed by atoms with Gasteiger partial charge in [0.1, 0.15) is 0 Å². The first-order valence-electron chi connectivity index (χ1n) is 25.8. The molecule has 7 heteroatoms. The van der Waals surface area contributed by atoms with Gasteiger partial charge < -0.3 is 18.3 Å². The minimum Gasteiger partial charge on any atom is -0.309 e. The molecule has 0 bridgehead atoms. The van der Waals surface area contributed by atoms with Crippen molar-refractivity contribution < 1.29 is 0 Å². The largest absolute Gasteiger partial charge is 0.309 e. The van der Waals surface area contributed by atoms with Crippen LogP contribution in [0.25, 0.3) is 144 Å². The lowest BCUT2D eigenvalue weighted by Crippen LogP contribution is -2.06. The molecule has 0 aliphatic heterocycles. The van der Waals surface area contributed by atoms with Crippen molar-refractivity contribution in [2.24, 2.45) is 0 Å². The third-order valence-corrected chi connectivity index (χ3v) is 15.4. The first-order chi connectivity index (χ1) is 37.7. The molecule has 11 aromatic carbocycles. The molecule has 0 saturated heterocycles. The summed E-state index contributed by atoms with van der Waals surface area (Å²) in [5.74, 6) is 1.77. The average Bonchev–Trinajstić information content (AvgIpc) is 4.27. The van der Waals surface area contributed by atoms with Crippen LogP contribution in [-0.4, -0.2) is 33.2 Å². The molecule has 0 radical (unpaired) electrons. The second-order valence-corrected chi connectivity index (χ2v) is 19.6. The zero-order valence-electron chi connectivity index (χ0n) is 41.0. The molecule has 0 spiro atoms. The van der Waals surface area contributed by atoms with E-state index in [0.717, 1.165) is 72.5 Å². The molecule has 0 saturated carbocycles. The summed E-state index contributed by atoms with van der Waals surface area (Å²) in [5, 5.41) is 9.61. The molecule has 0 amide bonds. The Morgan fingerprint density at radius 2 is 0.539 bits per heavy atom. The Bertz CT molecular complexity index is 4850. The zero-order chi connectivity index (χ0) is 49.8. The van der Waals surface area contributed by atoms with Gasteiger partial charge in [-0.1, -0.05) is 176 Å². The van der Waals surface area contributed by atoms with Crippen molar-refractivity contribution in [2.45, 2.75) is 0 Å². The van der Waals surface area contributed by atoms with Crippen LogP contribution in [0.4, 0.5) is 0 Å². The zero-order valence-corrected chi connectivity index (χ0v) is 41.0. The first-order valence-corrected chi connectivity index (χ1v) is 25.8. The lowest BCUT2D eigenvalue weighted by molar-refractivity contribution is 1.06. The molecule has 0 unspecified atom stereocenters. The molecule has 7 nitrogen and oxygen atoms in total. The molecule has 16 aromatic rings. The van der Waals surface area contributed by atoms with E-state index < -0.39 is 0 Å². The Morgan fingerprint density at radius 1 is 0.197 bits per heavy atom. The summed E-state index contributed by atoms with van der Waals surface area (Å²) >= 11 is 0. The van der Waals surface area contributed by atoms with Gasteiger partial charge in [-0.2, -0.15) is 0 Å². The minimum atomic E-state index is 0.579. The topological polar surface area (TPSA) is 58.4 Å². The lowest BCUT2D eigenvalue weighted by Gasteiger charge is -2.19. The van der Waals surface area contributed by atoms with E-state index in [0.29, 0.717) is 17.5 Å². The van der Waals surface area contributed by atoms with Crippen molar-refractivity contribution in [1.29, 1.82) is 0 Å². The highest BCUT2D eigenvalue weighted by atomic mass is 15.1. The predicted octanol–water partition coefficient (Wildman–Crippen LogP) is 17.3. The van der Waals surface area contributed by atoms with Gasteiger partial charge in [-0.3, -0.25) is 0 Å². The predicted molar refractivity (Wildman–Crippen MR) is 313 cm³/mol. The molecule has 354 valence electrons. The SMILES string of the molecule is c1ccc(-c2nc(-c3cccc(-n4c5ccccc5c5ccccc54)c3)nc(-c3ccc(-n4c5ccccc5c5ccc(-n6c7ccccc7c7ccccc76)cc54)c(-n4c5ccccc5c5ccccc54)c3)n2)cc1. The van der Waals surface area contributed by atoms with Gasteiger partial charge in [-0.15, -0.1) is 0 Å². The Labute approximate surface area is 436 Å². The van der Waals surface area contributed by atoms with Crippen LogP contribution >= 0.6 is 0 Å². The summed E-state index contributed by atoms with van der Waals surface area (Å²) in [7, 11) is 0. The minimum absolute atomic E-state index is 0.579. The average molecular weight is 970 g/mol. The van der Waals surface area contributed by atoms with Gasteiger partial charge in [0.2, 0.25) is 0 Å². The van der Waals surface area contributed by atoms with Crippen molar-refractivity contribution in [3.8, 4) is 56.9 Å². The van der Waals surface area contributed by atoms with E-state index in [9.17, 15) is 0 Å². The highest BCUT2D eigenvalue weighted by Gasteiger charge is 2.23. The second kappa shape index (κ2) is 16.6. The fraction of sp³-hybridized carbons (Fsp3) is 0. The Kier molecular flexibility index (Phi) is 9.20. The normalized spacial score (nSPS) is 11.9. The molecule has 0 aliphatic rings. The summed E-state index contributed by atoms with van der Waals surface area (Å²) in [6.07, 6.45) is 0. The van der Waals surface area contributed by atoms with Crippen LogP contribution in [0.1, 0.15) is 0 Å². The molecule has 0 aliphatic carbocycles. The third kappa shape index (κ3) is 6.33. The van der Waals surface area contributed by atoms with Crippen LogP contribution in [0.3, 0.4) is 0 Å². The van der Waals surface area contributed by atoms with Gasteiger partial charge >= 0.3 is 0 Å². The number of rotatable bonds is 7. The van der Waals surface area contributed by atoms with E-state index in [-0.39, 0.29) is 0 Å². The molecule has 5 aromatic heterocycles. The molecule has 5 heterocycles. The van der Waals surface area contributed by atoms with E-state index in [1.165, 1.54) is 54.1 Å². The van der Waals surface area contributed by atoms with E-state index in [4.69, 9.17) is 15.0 Å². The quantitative estimate of drug-likeness (QED) is 0.160. The van der Waals surface area contributed by atoms with Gasteiger partial charge in [0, 0.05) is 71.2 Å². The highest BCUT2D eigenvalue weighted by Crippen LogP contribution is 2.42. The Hall–Kier alpha value is -10.4. The van der Waals surface area contributed by atoms with Gasteiger partial charge in [-0.25, -0.2) is 15.0 Å². The maximum atomic E-state index is 5.43. The maximum Gasteiger partial charge on any atom is 0.164 e. The van der Waals surface area contributed by atoms with Gasteiger partial charge in [0.15, 0.2) is 17.5 Å². The van der Waals surface area contributed by atoms with E-state index in [2.05, 4.69) is 261 Å². The van der Waals surface area contributed by atoms with Crippen LogP contribution in [0.2, 0.25) is 0 Å². The molecule has 0 atom stereocenters. The highest BCUT2D eigenvalue weighted by molar-refractivity contribution is 6.14. The lowest BCUT2D eigenvalue weighted by atomic mass is 10.1. The van der Waals surface area contributed by atoms with Crippen LogP contribution in [0, 0.1) is 0 Å². The van der Waals surface area contributed by atoms with Gasteiger partial charge in [-0.05, 0) is 84.9 Å². The number of para-hydroxylation sites is 7. The van der Waals surface area contributed by atoms with Crippen molar-refractivity contribution in [3.05, 3.63) is 261 Å². The van der Waals surface area contributed by atoms with Crippen molar-refractivity contribution in [3.63, 3.8) is 0 Å². The fourth-order valence-electron chi connectivity index (χ4n) is 12.1.